The number of methoxy groups -OCH3 is 1. The summed E-state index contributed by atoms with van der Waals surface area (Å²) in [5.74, 6) is 2.13. The average Bonchev–Trinajstić information content (AvgIpc) is 3.39. The predicted octanol–water partition coefficient (Wildman–Crippen LogP) is 2.96. The molecule has 0 spiro atoms. The average molecular weight is 447 g/mol. The van der Waals surface area contributed by atoms with Crippen molar-refractivity contribution in [2.24, 2.45) is 5.73 Å². The van der Waals surface area contributed by atoms with Gasteiger partial charge in [0.05, 0.1) is 25.7 Å². The van der Waals surface area contributed by atoms with Crippen LogP contribution in [-0.4, -0.2) is 38.3 Å². The highest BCUT2D eigenvalue weighted by atomic mass is 16.5. The second-order valence-electron chi connectivity index (χ2n) is 8.73. The summed E-state index contributed by atoms with van der Waals surface area (Å²) in [5.41, 5.74) is 8.41. The number of rotatable bonds is 9. The second kappa shape index (κ2) is 9.46. The number of carbonyl (C=O) groups is 1. The number of aromatic amines is 1. The van der Waals surface area contributed by atoms with E-state index in [0.29, 0.717) is 12.4 Å². The third-order valence-electron chi connectivity index (χ3n) is 5.69. The van der Waals surface area contributed by atoms with Gasteiger partial charge in [-0.2, -0.15) is 0 Å². The largest absolute Gasteiger partial charge is 0.497 e. The normalized spacial score (nSPS) is 11.6. The maximum atomic E-state index is 12.3. The summed E-state index contributed by atoms with van der Waals surface area (Å²) in [7, 11) is 1.65. The maximum absolute atomic E-state index is 12.3. The molecule has 0 bridgehead atoms. The van der Waals surface area contributed by atoms with Crippen LogP contribution in [0, 0.1) is 0 Å². The molecule has 0 aliphatic carbocycles. The van der Waals surface area contributed by atoms with Crippen LogP contribution < -0.4 is 15.8 Å². The van der Waals surface area contributed by atoms with Crippen LogP contribution in [-0.2, 0) is 30.7 Å². The van der Waals surface area contributed by atoms with E-state index in [9.17, 15) is 4.79 Å². The first-order chi connectivity index (χ1) is 15.8. The summed E-state index contributed by atoms with van der Waals surface area (Å²) in [4.78, 5) is 15.6. The van der Waals surface area contributed by atoms with Crippen LogP contribution in [0.2, 0.25) is 0 Å². The third-order valence-corrected chi connectivity index (χ3v) is 5.69. The van der Waals surface area contributed by atoms with E-state index in [4.69, 9.17) is 10.5 Å². The van der Waals surface area contributed by atoms with Crippen molar-refractivity contribution in [1.82, 2.24) is 25.1 Å². The van der Waals surface area contributed by atoms with Gasteiger partial charge >= 0.3 is 0 Å². The molecule has 0 saturated carbocycles. The molecule has 4 rings (SSSR count). The van der Waals surface area contributed by atoms with Gasteiger partial charge in [-0.25, -0.2) is 0 Å². The molecule has 0 radical (unpaired) electrons. The van der Waals surface area contributed by atoms with Gasteiger partial charge in [0.2, 0.25) is 5.91 Å². The molecular formula is C25H30N6O2. The second-order valence-corrected chi connectivity index (χ2v) is 8.73. The minimum absolute atomic E-state index is 0.234. The van der Waals surface area contributed by atoms with Gasteiger partial charge < -0.3 is 25.3 Å². The van der Waals surface area contributed by atoms with Crippen LogP contribution in [0.15, 0.2) is 54.7 Å². The summed E-state index contributed by atoms with van der Waals surface area (Å²) >= 11 is 0. The Morgan fingerprint density at radius 3 is 2.55 bits per heavy atom. The van der Waals surface area contributed by atoms with Crippen molar-refractivity contribution in [3.63, 3.8) is 0 Å². The molecule has 8 nitrogen and oxygen atoms in total. The van der Waals surface area contributed by atoms with Crippen LogP contribution in [0.1, 0.15) is 36.6 Å². The van der Waals surface area contributed by atoms with Crippen molar-refractivity contribution in [2.75, 3.05) is 7.11 Å². The van der Waals surface area contributed by atoms with E-state index < -0.39 is 5.54 Å². The zero-order valence-electron chi connectivity index (χ0n) is 19.3. The van der Waals surface area contributed by atoms with Crippen LogP contribution >= 0.6 is 0 Å². The summed E-state index contributed by atoms with van der Waals surface area (Å²) in [6.45, 7) is 4.21. The first kappa shape index (κ1) is 22.5. The molecule has 2 aromatic heterocycles. The zero-order chi connectivity index (χ0) is 23.4. The number of amides is 1. The number of fused-ring (bicyclic) bond motifs is 1. The van der Waals surface area contributed by atoms with Gasteiger partial charge in [0.15, 0.2) is 5.82 Å². The highest BCUT2D eigenvalue weighted by Crippen LogP contribution is 2.20. The van der Waals surface area contributed by atoms with E-state index in [1.807, 2.05) is 36.4 Å². The number of aryl methyl sites for hydroxylation is 2. The number of carbonyl (C=O) groups excluding carboxylic acids is 1. The molecule has 2 aromatic carbocycles. The first-order valence-corrected chi connectivity index (χ1v) is 11.0. The van der Waals surface area contributed by atoms with Crippen LogP contribution in [0.4, 0.5) is 0 Å². The van der Waals surface area contributed by atoms with Gasteiger partial charge in [0.25, 0.3) is 0 Å². The van der Waals surface area contributed by atoms with Gasteiger partial charge in [0.1, 0.15) is 11.6 Å². The van der Waals surface area contributed by atoms with Crippen LogP contribution in [0.3, 0.4) is 0 Å². The monoisotopic (exact) mass is 446 g/mol. The number of H-pyrrole nitrogens is 1. The van der Waals surface area contributed by atoms with E-state index >= 15 is 0 Å². The molecule has 0 aliphatic rings. The molecule has 0 fully saturated rings. The lowest BCUT2D eigenvalue weighted by molar-refractivity contribution is -0.125. The van der Waals surface area contributed by atoms with Gasteiger partial charge in [-0.1, -0.05) is 30.3 Å². The summed E-state index contributed by atoms with van der Waals surface area (Å²) in [6.07, 6.45) is 3.60. The van der Waals surface area contributed by atoms with Gasteiger partial charge in [0, 0.05) is 23.5 Å². The van der Waals surface area contributed by atoms with Crippen molar-refractivity contribution in [3.8, 4) is 5.75 Å². The van der Waals surface area contributed by atoms with Gasteiger partial charge in [-0.15, -0.1) is 10.2 Å². The molecule has 0 saturated heterocycles. The third kappa shape index (κ3) is 5.23. The number of ether oxygens (including phenoxy) is 1. The maximum Gasteiger partial charge on any atom is 0.239 e. The number of para-hydroxylation sites is 1. The van der Waals surface area contributed by atoms with E-state index in [1.54, 1.807) is 21.0 Å². The van der Waals surface area contributed by atoms with Crippen molar-refractivity contribution in [3.05, 3.63) is 77.5 Å². The van der Waals surface area contributed by atoms with Crippen molar-refractivity contribution in [1.29, 1.82) is 0 Å². The number of hydrogen-bond donors (Lipinski definition) is 3. The molecule has 0 aliphatic heterocycles. The SMILES string of the molecule is COc1ccc(Cn2c(CCc3c[nH]c4ccccc34)nnc2CNC(=O)C(C)(C)N)cc1. The highest BCUT2D eigenvalue weighted by molar-refractivity contribution is 5.85. The quantitative estimate of drug-likeness (QED) is 0.366. The molecule has 0 atom stereocenters. The Hall–Kier alpha value is -3.65. The molecule has 4 aromatic rings. The van der Waals surface area contributed by atoms with E-state index in [2.05, 4.69) is 43.4 Å². The van der Waals surface area contributed by atoms with Gasteiger partial charge in [-0.3, -0.25) is 4.79 Å². The number of nitrogens with two attached hydrogens (primary N) is 1. The Bertz CT molecular complexity index is 1230. The molecule has 2 heterocycles. The van der Waals surface area contributed by atoms with Gasteiger partial charge in [-0.05, 0) is 49.6 Å². The van der Waals surface area contributed by atoms with Crippen molar-refractivity contribution >= 4 is 16.8 Å². The Kier molecular flexibility index (Phi) is 6.46. The smallest absolute Gasteiger partial charge is 0.239 e. The Labute approximate surface area is 193 Å². The molecule has 33 heavy (non-hydrogen) atoms. The molecular weight excluding hydrogens is 416 g/mol. The number of nitrogens with zero attached hydrogens (tertiary/aromatic N) is 3. The molecule has 0 unspecified atom stereocenters. The Morgan fingerprint density at radius 1 is 1.09 bits per heavy atom. The summed E-state index contributed by atoms with van der Waals surface area (Å²) < 4.78 is 7.34. The van der Waals surface area contributed by atoms with E-state index in [1.165, 1.54) is 10.9 Å². The lowest BCUT2D eigenvalue weighted by Crippen LogP contribution is -2.49. The van der Waals surface area contributed by atoms with Crippen LogP contribution in [0.25, 0.3) is 10.9 Å². The minimum Gasteiger partial charge on any atom is -0.497 e. The minimum atomic E-state index is -0.959. The topological polar surface area (TPSA) is 111 Å². The summed E-state index contributed by atoms with van der Waals surface area (Å²) in [5, 5.41) is 12.9. The lowest BCUT2D eigenvalue weighted by Gasteiger charge is -2.18. The van der Waals surface area contributed by atoms with E-state index in [-0.39, 0.29) is 12.5 Å². The molecule has 8 heteroatoms. The summed E-state index contributed by atoms with van der Waals surface area (Å²) in [6, 6.07) is 16.2. The fraction of sp³-hybridized carbons (Fsp3) is 0.320. The lowest BCUT2D eigenvalue weighted by atomic mass is 10.1. The molecule has 1 amide bonds. The Balaban J connectivity index is 1.56. The van der Waals surface area contributed by atoms with Crippen LogP contribution in [0.5, 0.6) is 5.75 Å². The molecule has 172 valence electrons. The number of benzene rings is 2. The number of nitrogens with one attached hydrogen (secondary N) is 2. The fourth-order valence-corrected chi connectivity index (χ4v) is 3.76. The standard InChI is InChI=1S/C25H30N6O2/c1-25(2,26)24(32)28-15-23-30-29-22(31(23)16-17-8-11-19(33-3)12-9-17)13-10-18-14-27-21-7-5-4-6-20(18)21/h4-9,11-12,14,27H,10,13,15-16,26H2,1-3H3,(H,28,32). The zero-order valence-corrected chi connectivity index (χ0v) is 19.3. The predicted molar refractivity (Wildman–Crippen MR) is 128 cm³/mol. The number of hydrogen-bond acceptors (Lipinski definition) is 5. The highest BCUT2D eigenvalue weighted by Gasteiger charge is 2.22. The first-order valence-electron chi connectivity index (χ1n) is 11.0. The fourth-order valence-electron chi connectivity index (χ4n) is 3.76. The Morgan fingerprint density at radius 2 is 1.82 bits per heavy atom. The molecule has 4 N–H and O–H groups in total. The number of aromatic nitrogens is 4. The van der Waals surface area contributed by atoms with Crippen molar-refractivity contribution in [2.45, 2.75) is 45.3 Å². The van der Waals surface area contributed by atoms with E-state index in [0.717, 1.165) is 35.5 Å². The van der Waals surface area contributed by atoms with Crippen molar-refractivity contribution < 1.29 is 9.53 Å².